The molecule has 4 nitrogen and oxygen atoms in total. The molecule has 0 spiro atoms. The number of aryl methyl sites for hydroxylation is 2. The molecule has 0 fully saturated rings. The highest BCUT2D eigenvalue weighted by Gasteiger charge is 2.16. The Hall–Kier alpha value is -2.07. The highest BCUT2D eigenvalue weighted by atomic mass is 35.5. The van der Waals surface area contributed by atoms with Crippen LogP contribution >= 0.6 is 11.6 Å². The first-order valence-electron chi connectivity index (χ1n) is 6.21. The van der Waals surface area contributed by atoms with Crippen LogP contribution in [0.1, 0.15) is 16.7 Å². The molecule has 2 aromatic carbocycles. The molecule has 0 atom stereocenters. The fourth-order valence-corrected chi connectivity index (χ4v) is 2.40. The molecule has 1 N–H and O–H groups in total. The molecule has 104 valence electrons. The molecule has 0 aromatic heterocycles. The molecule has 2 rings (SSSR count). The minimum absolute atomic E-state index is 0.0365. The lowest BCUT2D eigenvalue weighted by Crippen LogP contribution is -2.04. The molecule has 2 aromatic rings. The second kappa shape index (κ2) is 5.92. The summed E-state index contributed by atoms with van der Waals surface area (Å²) in [6.45, 7) is 4.34. The van der Waals surface area contributed by atoms with Crippen molar-refractivity contribution in [3.05, 3.63) is 68.2 Å². The van der Waals surface area contributed by atoms with Gasteiger partial charge in [-0.25, -0.2) is 0 Å². The summed E-state index contributed by atoms with van der Waals surface area (Å²) in [7, 11) is 0. The van der Waals surface area contributed by atoms with Crippen LogP contribution in [0.5, 0.6) is 0 Å². The predicted octanol–water partition coefficient (Wildman–Crippen LogP) is 4.48. The lowest BCUT2D eigenvalue weighted by Gasteiger charge is -2.10. The van der Waals surface area contributed by atoms with E-state index in [1.807, 2.05) is 26.0 Å². The summed E-state index contributed by atoms with van der Waals surface area (Å²) in [6, 6.07) is 10.8. The van der Waals surface area contributed by atoms with E-state index in [9.17, 15) is 10.1 Å². The van der Waals surface area contributed by atoms with E-state index >= 15 is 0 Å². The molecule has 20 heavy (non-hydrogen) atoms. The van der Waals surface area contributed by atoms with Crippen molar-refractivity contribution in [1.82, 2.24) is 0 Å². The van der Waals surface area contributed by atoms with Gasteiger partial charge in [0, 0.05) is 18.3 Å². The molecular weight excluding hydrogens is 276 g/mol. The van der Waals surface area contributed by atoms with Gasteiger partial charge in [0.15, 0.2) is 0 Å². The fourth-order valence-electron chi connectivity index (χ4n) is 2.16. The summed E-state index contributed by atoms with van der Waals surface area (Å²) in [5, 5.41) is 14.6. The molecule has 0 aliphatic carbocycles. The topological polar surface area (TPSA) is 55.2 Å². The Kier molecular flexibility index (Phi) is 4.25. The standard InChI is InChI=1S/C15H15ClN2O2/c1-10-6-11(2)8-12(7-10)17-9-13-14(16)4-3-5-15(13)18(19)20/h3-8,17H,9H2,1-2H3. The molecule has 0 unspecified atom stereocenters. The van der Waals surface area contributed by atoms with Crippen LogP contribution in [-0.2, 0) is 6.54 Å². The summed E-state index contributed by atoms with van der Waals surface area (Å²) in [6.07, 6.45) is 0. The van der Waals surface area contributed by atoms with E-state index in [4.69, 9.17) is 11.6 Å². The van der Waals surface area contributed by atoms with Gasteiger partial charge in [0.2, 0.25) is 0 Å². The SMILES string of the molecule is Cc1cc(C)cc(NCc2c(Cl)cccc2[N+](=O)[O-])c1. The third kappa shape index (κ3) is 3.27. The molecule has 0 saturated heterocycles. The normalized spacial score (nSPS) is 10.3. The zero-order valence-corrected chi connectivity index (χ0v) is 12.1. The van der Waals surface area contributed by atoms with Crippen LogP contribution in [0.4, 0.5) is 11.4 Å². The van der Waals surface area contributed by atoms with Crippen molar-refractivity contribution in [3.8, 4) is 0 Å². The van der Waals surface area contributed by atoms with Crippen LogP contribution in [0.15, 0.2) is 36.4 Å². The van der Waals surface area contributed by atoms with E-state index in [2.05, 4.69) is 11.4 Å². The number of nitrogens with zero attached hydrogens (tertiary/aromatic N) is 1. The first kappa shape index (κ1) is 14.3. The van der Waals surface area contributed by atoms with Crippen molar-refractivity contribution in [2.45, 2.75) is 20.4 Å². The Bertz CT molecular complexity index is 636. The van der Waals surface area contributed by atoms with Crippen LogP contribution in [0.25, 0.3) is 0 Å². The van der Waals surface area contributed by atoms with Crippen molar-refractivity contribution in [2.75, 3.05) is 5.32 Å². The number of anilines is 1. The van der Waals surface area contributed by atoms with Crippen LogP contribution in [0, 0.1) is 24.0 Å². The largest absolute Gasteiger partial charge is 0.381 e. The third-order valence-corrected chi connectivity index (χ3v) is 3.34. The van der Waals surface area contributed by atoms with E-state index in [1.165, 1.54) is 6.07 Å². The molecule has 0 radical (unpaired) electrons. The highest BCUT2D eigenvalue weighted by molar-refractivity contribution is 6.31. The zero-order chi connectivity index (χ0) is 14.7. The Morgan fingerprint density at radius 2 is 1.85 bits per heavy atom. The van der Waals surface area contributed by atoms with Gasteiger partial charge in [0.05, 0.1) is 15.5 Å². The number of nitro benzene ring substituents is 1. The Balaban J connectivity index is 2.25. The molecule has 5 heteroatoms. The molecular formula is C15H15ClN2O2. The summed E-state index contributed by atoms with van der Waals surface area (Å²) in [5.74, 6) is 0. The van der Waals surface area contributed by atoms with E-state index < -0.39 is 4.92 Å². The fraction of sp³-hybridized carbons (Fsp3) is 0.200. The summed E-state index contributed by atoms with van der Waals surface area (Å²) in [4.78, 5) is 10.6. The van der Waals surface area contributed by atoms with E-state index in [-0.39, 0.29) is 5.69 Å². The first-order valence-corrected chi connectivity index (χ1v) is 6.59. The van der Waals surface area contributed by atoms with Gasteiger partial charge in [0.1, 0.15) is 0 Å². The van der Waals surface area contributed by atoms with Crippen LogP contribution in [-0.4, -0.2) is 4.92 Å². The lowest BCUT2D eigenvalue weighted by atomic mass is 10.1. The van der Waals surface area contributed by atoms with Gasteiger partial charge in [-0.2, -0.15) is 0 Å². The number of halogens is 1. The van der Waals surface area contributed by atoms with Gasteiger partial charge in [-0.15, -0.1) is 0 Å². The van der Waals surface area contributed by atoms with Crippen molar-refractivity contribution >= 4 is 23.0 Å². The number of nitro groups is 1. The number of benzene rings is 2. The van der Waals surface area contributed by atoms with Gasteiger partial charge in [0.25, 0.3) is 5.69 Å². The number of rotatable bonds is 4. The smallest absolute Gasteiger partial charge is 0.275 e. The quantitative estimate of drug-likeness (QED) is 0.667. The van der Waals surface area contributed by atoms with E-state index in [0.29, 0.717) is 17.1 Å². The summed E-state index contributed by atoms with van der Waals surface area (Å²) in [5.41, 5.74) is 3.74. The second-order valence-corrected chi connectivity index (χ2v) is 5.13. The first-order chi connectivity index (χ1) is 9.47. The van der Waals surface area contributed by atoms with Gasteiger partial charge in [-0.1, -0.05) is 23.7 Å². The minimum atomic E-state index is -0.412. The summed E-state index contributed by atoms with van der Waals surface area (Å²) >= 11 is 6.06. The Morgan fingerprint density at radius 1 is 1.20 bits per heavy atom. The number of hydrogen-bond acceptors (Lipinski definition) is 3. The van der Waals surface area contributed by atoms with Crippen molar-refractivity contribution < 1.29 is 4.92 Å². The Morgan fingerprint density at radius 3 is 2.45 bits per heavy atom. The predicted molar refractivity (Wildman–Crippen MR) is 81.3 cm³/mol. The maximum atomic E-state index is 11.0. The molecule has 0 aliphatic rings. The minimum Gasteiger partial charge on any atom is -0.381 e. The molecule has 0 heterocycles. The molecule has 0 bridgehead atoms. The second-order valence-electron chi connectivity index (χ2n) is 4.72. The van der Waals surface area contributed by atoms with E-state index in [0.717, 1.165) is 16.8 Å². The highest BCUT2D eigenvalue weighted by Crippen LogP contribution is 2.27. The number of nitrogens with one attached hydrogen (secondary N) is 1. The van der Waals surface area contributed by atoms with Crippen LogP contribution in [0.3, 0.4) is 0 Å². The Labute approximate surface area is 122 Å². The van der Waals surface area contributed by atoms with Crippen molar-refractivity contribution in [3.63, 3.8) is 0 Å². The monoisotopic (exact) mass is 290 g/mol. The maximum Gasteiger partial charge on any atom is 0.275 e. The van der Waals surface area contributed by atoms with Crippen LogP contribution < -0.4 is 5.32 Å². The van der Waals surface area contributed by atoms with Crippen LogP contribution in [0.2, 0.25) is 5.02 Å². The molecule has 0 saturated carbocycles. The van der Waals surface area contributed by atoms with Crippen molar-refractivity contribution in [1.29, 1.82) is 0 Å². The lowest BCUT2D eigenvalue weighted by molar-refractivity contribution is -0.385. The molecule has 0 amide bonds. The van der Waals surface area contributed by atoms with E-state index in [1.54, 1.807) is 12.1 Å². The van der Waals surface area contributed by atoms with Crippen molar-refractivity contribution in [2.24, 2.45) is 0 Å². The third-order valence-electron chi connectivity index (χ3n) is 2.98. The molecule has 0 aliphatic heterocycles. The maximum absolute atomic E-state index is 11.0. The van der Waals surface area contributed by atoms with Gasteiger partial charge in [-0.3, -0.25) is 10.1 Å². The van der Waals surface area contributed by atoms with Gasteiger partial charge >= 0.3 is 0 Å². The average molecular weight is 291 g/mol. The average Bonchev–Trinajstić information content (AvgIpc) is 2.35. The summed E-state index contributed by atoms with van der Waals surface area (Å²) < 4.78 is 0. The van der Waals surface area contributed by atoms with Gasteiger partial charge in [-0.05, 0) is 43.2 Å². The van der Waals surface area contributed by atoms with Gasteiger partial charge < -0.3 is 5.32 Å². The number of hydrogen-bond donors (Lipinski definition) is 1. The zero-order valence-electron chi connectivity index (χ0n) is 11.3.